The summed E-state index contributed by atoms with van der Waals surface area (Å²) in [7, 11) is -8.51. The van der Waals surface area contributed by atoms with Crippen LogP contribution in [0.2, 0.25) is 5.02 Å². The number of rotatable bonds is 17. The Labute approximate surface area is 476 Å². The fourth-order valence-corrected chi connectivity index (χ4v) is 12.0. The molecule has 3 heterocycles. The van der Waals surface area contributed by atoms with E-state index in [1.54, 1.807) is 41.5 Å². The number of benzene rings is 2. The van der Waals surface area contributed by atoms with Gasteiger partial charge < -0.3 is 10.6 Å². The third kappa shape index (κ3) is 16.1. The van der Waals surface area contributed by atoms with Crippen LogP contribution in [-0.2, 0) is 76.3 Å². The number of nitrogens with one attached hydrogen (secondary N) is 2. The van der Waals surface area contributed by atoms with E-state index in [0.717, 1.165) is 25.3 Å². The molecule has 30 heteroatoms. The Morgan fingerprint density at radius 1 is 0.878 bits per heavy atom. The minimum absolute atomic E-state index is 0.160. The standard InChI is InChI=1S/C52H60ClF10N8O8PS2/c1-28-24-50(56,57)43-38(28)42(52(61,62)63)67-69(43)25-37(72)66-36(22-29-20-30(54)23-31(55)21-29)40-33(15-14-32(65-40)18-19-49(10,11)81(12)75)34-16-17-35(53)39-41(34)70(27-51(58,59)60)68-44(39)71(82(13)76)45(73)64-26-48(8,9)79-80(74,77-46(2,3)4)78-47(5,6)7/h14-17,20-21,23,28,36H,22,24-27H2,1-13H3,(H,64,73)(H,66,72)/t28-,36?,81?,82?/m0/s1. The van der Waals surface area contributed by atoms with Crippen LogP contribution >= 0.6 is 19.4 Å². The van der Waals surface area contributed by atoms with Crippen LogP contribution in [0.15, 0.2) is 42.5 Å². The Morgan fingerprint density at radius 3 is 2.00 bits per heavy atom. The number of amides is 3. The van der Waals surface area contributed by atoms with E-state index in [-0.39, 0.29) is 37.8 Å². The summed E-state index contributed by atoms with van der Waals surface area (Å²) in [6.45, 7) is 12.8. The lowest BCUT2D eigenvalue weighted by molar-refractivity contribution is -0.143. The van der Waals surface area contributed by atoms with E-state index in [1.807, 2.05) is 0 Å². The van der Waals surface area contributed by atoms with Gasteiger partial charge in [-0.25, -0.2) is 27.3 Å². The molecule has 16 nitrogen and oxygen atoms in total. The van der Waals surface area contributed by atoms with Crippen molar-refractivity contribution in [1.82, 2.24) is 35.2 Å². The maximum atomic E-state index is 15.5. The normalized spacial score (nSPS) is 16.3. The summed E-state index contributed by atoms with van der Waals surface area (Å²) in [4.78, 5) is 33.3. The molecular formula is C52H60ClF10N8O8PS2. The van der Waals surface area contributed by atoms with Gasteiger partial charge in [0.2, 0.25) is 5.91 Å². The maximum Gasteiger partial charge on any atom is 0.476 e. The number of alkyl halides is 8. The highest BCUT2D eigenvalue weighted by Crippen LogP contribution is 2.58. The fourth-order valence-electron chi connectivity index (χ4n) is 8.78. The minimum atomic E-state index is -5.23. The highest BCUT2D eigenvalue weighted by molar-refractivity contribution is 7.86. The molecule has 1 aliphatic carbocycles. The largest absolute Gasteiger partial charge is 0.476 e. The molecule has 0 bridgehead atoms. The number of halogens is 11. The van der Waals surface area contributed by atoms with Gasteiger partial charge in [-0.15, -0.1) is 0 Å². The number of anilines is 1. The van der Waals surface area contributed by atoms with E-state index in [9.17, 15) is 57.7 Å². The minimum Gasteiger partial charge on any atom is -0.346 e. The van der Waals surface area contributed by atoms with Crippen LogP contribution in [0.25, 0.3) is 22.0 Å². The number of carbonyl (C=O) groups is 2. The number of urea groups is 1. The highest BCUT2D eigenvalue weighted by atomic mass is 35.5. The number of phosphoric ester groups is 1. The van der Waals surface area contributed by atoms with Crippen molar-refractivity contribution in [3.8, 4) is 23.0 Å². The van der Waals surface area contributed by atoms with E-state index >= 15 is 8.78 Å². The lowest BCUT2D eigenvalue weighted by Gasteiger charge is -2.36. The summed E-state index contributed by atoms with van der Waals surface area (Å²) in [5, 5.41) is 11.7. The monoisotopic (exact) mass is 1240 g/mol. The number of carbonyl (C=O) groups excluding carboxylic acids is 2. The second-order valence-electron chi connectivity index (χ2n) is 22.5. The predicted molar refractivity (Wildman–Crippen MR) is 289 cm³/mol. The van der Waals surface area contributed by atoms with E-state index in [0.29, 0.717) is 15.1 Å². The van der Waals surface area contributed by atoms with Gasteiger partial charge in [-0.3, -0.25) is 31.9 Å². The van der Waals surface area contributed by atoms with Gasteiger partial charge >= 0.3 is 26.2 Å². The van der Waals surface area contributed by atoms with Crippen LogP contribution in [-0.4, -0.2) is 91.7 Å². The summed E-state index contributed by atoms with van der Waals surface area (Å²) in [5.74, 6) is -3.91. The highest BCUT2D eigenvalue weighted by Gasteiger charge is 2.53. The van der Waals surface area contributed by atoms with Gasteiger partial charge in [0.1, 0.15) is 51.8 Å². The van der Waals surface area contributed by atoms with Crippen molar-refractivity contribution in [2.75, 3.05) is 23.4 Å². The van der Waals surface area contributed by atoms with Gasteiger partial charge in [-0.05, 0) is 123 Å². The number of aromatic nitrogens is 5. The summed E-state index contributed by atoms with van der Waals surface area (Å²) in [6, 6.07) is 4.13. The molecule has 0 saturated carbocycles. The van der Waals surface area contributed by atoms with Crippen molar-refractivity contribution in [2.24, 2.45) is 0 Å². The lowest BCUT2D eigenvalue weighted by atomic mass is 9.93. The Morgan fingerprint density at radius 2 is 1.46 bits per heavy atom. The molecule has 2 N–H and O–H groups in total. The molecule has 0 aliphatic heterocycles. The van der Waals surface area contributed by atoms with Crippen LogP contribution in [0.4, 0.5) is 54.5 Å². The van der Waals surface area contributed by atoms with Crippen LogP contribution in [0.5, 0.6) is 0 Å². The van der Waals surface area contributed by atoms with E-state index < -0.39 is 171 Å². The first-order chi connectivity index (χ1) is 37.3. The molecule has 0 spiro atoms. The molecule has 1 aliphatic rings. The van der Waals surface area contributed by atoms with Crippen LogP contribution < -0.4 is 14.9 Å². The van der Waals surface area contributed by atoms with Gasteiger partial charge in [0.15, 0.2) is 11.5 Å². The summed E-state index contributed by atoms with van der Waals surface area (Å²) < 4.78 is 206. The van der Waals surface area contributed by atoms with Crippen molar-refractivity contribution < 1.29 is 80.0 Å². The molecule has 0 radical (unpaired) electrons. The number of pyridine rings is 1. The Bertz CT molecular complexity index is 3420. The first-order valence-corrected chi connectivity index (χ1v) is 29.8. The molecule has 3 unspecified atom stereocenters. The van der Waals surface area contributed by atoms with Crippen molar-refractivity contribution in [2.45, 2.75) is 154 Å². The Kier molecular flexibility index (Phi) is 18.9. The topological polar surface area (TPSA) is 189 Å². The van der Waals surface area contributed by atoms with Gasteiger partial charge in [-0.2, -0.15) is 49.6 Å². The number of fused-ring (bicyclic) bond motifs is 2. The van der Waals surface area contributed by atoms with Gasteiger partial charge in [0.25, 0.3) is 5.92 Å². The third-order valence-corrected chi connectivity index (χ3v) is 17.0. The SMILES string of the molecule is C[C@H]1CC(F)(F)c2c1c(C(F)(F)F)nn2CC(=O)NC(Cc1cc(F)cc(F)c1)c1nc(C#CC(C)(C)S(C)=O)ccc1-c1ccc(Cl)c2c(N(C(=O)NCC(C)(C)OP(=O)(OC(C)(C)C)OC(C)(C)C)S(C)=O)nn(CC(F)(F)F)c12. The zero-order valence-electron chi connectivity index (χ0n) is 46.6. The zero-order valence-corrected chi connectivity index (χ0v) is 49.9. The molecule has 0 fully saturated rings. The average molecular weight is 1250 g/mol. The second-order valence-corrected chi connectivity index (χ2v) is 27.5. The quantitative estimate of drug-likeness (QED) is 0.0512. The average Bonchev–Trinajstić information content (AvgIpc) is 2.74. The van der Waals surface area contributed by atoms with Crippen LogP contribution in [0.1, 0.15) is 128 Å². The lowest BCUT2D eigenvalue weighted by Crippen LogP contribution is -2.47. The Hall–Kier alpha value is -5.43. The third-order valence-electron chi connectivity index (χ3n) is 12.0. The molecule has 3 amide bonds. The van der Waals surface area contributed by atoms with Gasteiger partial charge in [-0.1, -0.05) is 30.5 Å². The second kappa shape index (κ2) is 23.6. The number of nitrogens with zero attached hydrogens (tertiary/aromatic N) is 6. The summed E-state index contributed by atoms with van der Waals surface area (Å²) >= 11 is 6.82. The van der Waals surface area contributed by atoms with Crippen molar-refractivity contribution in [3.63, 3.8) is 0 Å². The predicted octanol–water partition coefficient (Wildman–Crippen LogP) is 12.4. The maximum absolute atomic E-state index is 15.5. The first kappa shape index (κ1) is 65.7. The number of hydrogen-bond acceptors (Lipinski definition) is 11. The van der Waals surface area contributed by atoms with Crippen molar-refractivity contribution in [1.29, 1.82) is 0 Å². The molecule has 450 valence electrons. The number of phosphoric acid groups is 1. The van der Waals surface area contributed by atoms with Gasteiger partial charge in [0, 0.05) is 59.0 Å². The molecule has 82 heavy (non-hydrogen) atoms. The molecule has 2 aromatic carbocycles. The van der Waals surface area contributed by atoms with E-state index in [4.69, 9.17) is 25.2 Å². The Balaban J connectivity index is 1.57. The molecule has 6 rings (SSSR count). The first-order valence-electron chi connectivity index (χ1n) is 24.9. The zero-order chi connectivity index (χ0) is 61.8. The fraction of sp³-hybridized carbons (Fsp3) is 0.519. The smallest absolute Gasteiger partial charge is 0.346 e. The van der Waals surface area contributed by atoms with E-state index in [2.05, 4.69) is 37.7 Å². The van der Waals surface area contributed by atoms with Gasteiger partial charge in [0.05, 0.1) is 44.5 Å². The summed E-state index contributed by atoms with van der Waals surface area (Å²) in [6.07, 6.45) is -9.66. The van der Waals surface area contributed by atoms with Crippen molar-refractivity contribution >= 4 is 69.9 Å². The van der Waals surface area contributed by atoms with Crippen LogP contribution in [0.3, 0.4) is 0 Å². The molecule has 3 aromatic heterocycles. The molecular weight excluding hydrogens is 1190 g/mol. The van der Waals surface area contributed by atoms with Crippen LogP contribution in [0, 0.1) is 23.5 Å². The summed E-state index contributed by atoms with van der Waals surface area (Å²) in [5.41, 5.74) is -9.13. The number of hydrogen-bond donors (Lipinski definition) is 2. The molecule has 5 aromatic rings. The molecule has 4 atom stereocenters. The van der Waals surface area contributed by atoms with E-state index in [1.165, 1.54) is 58.2 Å². The molecule has 0 saturated heterocycles. The van der Waals surface area contributed by atoms with Crippen molar-refractivity contribution in [3.05, 3.63) is 93.0 Å².